The lowest BCUT2D eigenvalue weighted by molar-refractivity contribution is 0.173. The predicted molar refractivity (Wildman–Crippen MR) is 75.5 cm³/mol. The van der Waals surface area contributed by atoms with Crippen LogP contribution in [0.2, 0.25) is 0 Å². The Hall–Kier alpha value is -0.540. The fraction of sp³-hybridized carbons (Fsp3) is 0.571. The van der Waals surface area contributed by atoms with Gasteiger partial charge in [0.2, 0.25) is 0 Å². The Morgan fingerprint density at radius 2 is 2.12 bits per heavy atom. The zero-order valence-corrected chi connectivity index (χ0v) is 12.2. The fourth-order valence-electron chi connectivity index (χ4n) is 2.81. The summed E-state index contributed by atoms with van der Waals surface area (Å²) in [7, 11) is 0. The van der Waals surface area contributed by atoms with E-state index in [-0.39, 0.29) is 6.10 Å². The lowest BCUT2D eigenvalue weighted by Gasteiger charge is -2.32. The molecule has 2 unspecified atom stereocenters. The van der Waals surface area contributed by atoms with Crippen LogP contribution >= 0.6 is 15.9 Å². The van der Waals surface area contributed by atoms with Crippen molar-refractivity contribution in [3.05, 3.63) is 28.2 Å². The van der Waals surface area contributed by atoms with Gasteiger partial charge in [-0.05, 0) is 51.3 Å². The number of hydrogen-bond acceptors (Lipinski definition) is 2. The summed E-state index contributed by atoms with van der Waals surface area (Å²) in [6.07, 6.45) is 1.62. The van der Waals surface area contributed by atoms with Crippen molar-refractivity contribution in [1.82, 2.24) is 0 Å². The Kier molecular flexibility index (Phi) is 3.79. The van der Waals surface area contributed by atoms with Gasteiger partial charge in [0, 0.05) is 22.2 Å². The van der Waals surface area contributed by atoms with Crippen LogP contribution in [0.4, 0.5) is 5.69 Å². The van der Waals surface area contributed by atoms with Gasteiger partial charge in [0.25, 0.3) is 0 Å². The summed E-state index contributed by atoms with van der Waals surface area (Å²) in [6, 6.07) is 7.26. The van der Waals surface area contributed by atoms with Crippen LogP contribution in [0.5, 0.6) is 0 Å². The van der Waals surface area contributed by atoms with E-state index in [9.17, 15) is 5.11 Å². The van der Waals surface area contributed by atoms with E-state index in [1.54, 1.807) is 0 Å². The number of hydrogen-bond donors (Lipinski definition) is 1. The zero-order chi connectivity index (χ0) is 12.6. The van der Waals surface area contributed by atoms with Gasteiger partial charge in [0.05, 0.1) is 6.10 Å². The van der Waals surface area contributed by atoms with E-state index in [2.05, 4.69) is 52.9 Å². The minimum Gasteiger partial charge on any atom is -0.393 e. The molecule has 1 N–H and O–H groups in total. The normalized spacial score (nSPS) is 20.8. The molecule has 2 nitrogen and oxygen atoms in total. The molecule has 0 radical (unpaired) electrons. The second kappa shape index (κ2) is 4.99. The number of nitrogens with zero attached hydrogens (tertiary/aromatic N) is 1. The monoisotopic (exact) mass is 297 g/mol. The van der Waals surface area contributed by atoms with Gasteiger partial charge in [-0.15, -0.1) is 0 Å². The van der Waals surface area contributed by atoms with E-state index in [4.69, 9.17) is 0 Å². The molecule has 2 rings (SSSR count). The standard InChI is InChI=1S/C14H20BrNO/c1-9(2)16-11(7-10(3)17)8-12-13(15)5-4-6-14(12)16/h4-6,9-11,17H,7-8H2,1-3H3. The first-order valence-electron chi connectivity index (χ1n) is 6.24. The van der Waals surface area contributed by atoms with Gasteiger partial charge in [-0.1, -0.05) is 22.0 Å². The van der Waals surface area contributed by atoms with E-state index in [1.165, 1.54) is 15.7 Å². The van der Waals surface area contributed by atoms with E-state index in [0.717, 1.165) is 12.8 Å². The first kappa shape index (κ1) is 12.9. The van der Waals surface area contributed by atoms with Gasteiger partial charge in [-0.2, -0.15) is 0 Å². The van der Waals surface area contributed by atoms with Gasteiger partial charge in [-0.3, -0.25) is 0 Å². The van der Waals surface area contributed by atoms with Crippen LogP contribution in [0.3, 0.4) is 0 Å². The summed E-state index contributed by atoms with van der Waals surface area (Å²) in [5.74, 6) is 0. The maximum atomic E-state index is 9.62. The second-order valence-corrected chi connectivity index (χ2v) is 6.04. The molecule has 0 saturated heterocycles. The number of aliphatic hydroxyl groups is 1. The Labute approximate surface area is 112 Å². The van der Waals surface area contributed by atoms with Gasteiger partial charge < -0.3 is 10.0 Å². The summed E-state index contributed by atoms with van der Waals surface area (Å²) in [5, 5.41) is 9.62. The van der Waals surface area contributed by atoms with Crippen LogP contribution < -0.4 is 4.90 Å². The highest BCUT2D eigenvalue weighted by Crippen LogP contribution is 2.39. The lowest BCUT2D eigenvalue weighted by Crippen LogP contribution is -2.39. The Morgan fingerprint density at radius 1 is 1.41 bits per heavy atom. The van der Waals surface area contributed by atoms with Crippen molar-refractivity contribution in [1.29, 1.82) is 0 Å². The summed E-state index contributed by atoms with van der Waals surface area (Å²) >= 11 is 3.63. The Balaban J connectivity index is 2.34. The molecule has 0 amide bonds. The molecule has 94 valence electrons. The highest BCUT2D eigenvalue weighted by Gasteiger charge is 2.32. The average molecular weight is 298 g/mol. The zero-order valence-electron chi connectivity index (χ0n) is 10.7. The van der Waals surface area contributed by atoms with E-state index in [0.29, 0.717) is 12.1 Å². The topological polar surface area (TPSA) is 23.5 Å². The maximum absolute atomic E-state index is 9.62. The molecule has 1 aromatic rings. The molecule has 17 heavy (non-hydrogen) atoms. The third kappa shape index (κ3) is 2.50. The van der Waals surface area contributed by atoms with Crippen molar-refractivity contribution >= 4 is 21.6 Å². The van der Waals surface area contributed by atoms with E-state index in [1.807, 2.05) is 6.92 Å². The molecule has 0 saturated carbocycles. The molecule has 3 heteroatoms. The lowest BCUT2D eigenvalue weighted by atomic mass is 10.0. The van der Waals surface area contributed by atoms with Gasteiger partial charge >= 0.3 is 0 Å². The summed E-state index contributed by atoms with van der Waals surface area (Å²) in [6.45, 7) is 6.30. The smallest absolute Gasteiger partial charge is 0.0531 e. The Morgan fingerprint density at radius 3 is 2.71 bits per heavy atom. The minimum absolute atomic E-state index is 0.241. The Bertz CT molecular complexity index is 403. The van der Waals surface area contributed by atoms with Gasteiger partial charge in [-0.25, -0.2) is 0 Å². The third-order valence-electron chi connectivity index (χ3n) is 3.37. The molecule has 0 spiro atoms. The quantitative estimate of drug-likeness (QED) is 0.925. The van der Waals surface area contributed by atoms with Crippen molar-refractivity contribution in [2.45, 2.75) is 51.8 Å². The first-order chi connectivity index (χ1) is 8.00. The minimum atomic E-state index is -0.241. The van der Waals surface area contributed by atoms with Crippen LogP contribution in [-0.4, -0.2) is 23.3 Å². The number of benzene rings is 1. The van der Waals surface area contributed by atoms with Crippen LogP contribution in [0.1, 0.15) is 32.8 Å². The fourth-order valence-corrected chi connectivity index (χ4v) is 3.33. The molecular formula is C14H20BrNO. The van der Waals surface area contributed by atoms with Crippen molar-refractivity contribution in [3.8, 4) is 0 Å². The largest absolute Gasteiger partial charge is 0.393 e. The molecule has 1 heterocycles. The molecule has 0 aromatic heterocycles. The number of halogens is 1. The predicted octanol–water partition coefficient (Wildman–Crippen LogP) is 3.36. The summed E-state index contributed by atoms with van der Waals surface area (Å²) < 4.78 is 1.19. The molecule has 0 fully saturated rings. The van der Waals surface area contributed by atoms with Gasteiger partial charge in [0.15, 0.2) is 0 Å². The summed E-state index contributed by atoms with van der Waals surface area (Å²) in [4.78, 5) is 2.44. The third-order valence-corrected chi connectivity index (χ3v) is 4.12. The van der Waals surface area contributed by atoms with Crippen molar-refractivity contribution in [3.63, 3.8) is 0 Å². The maximum Gasteiger partial charge on any atom is 0.0531 e. The molecule has 2 atom stereocenters. The van der Waals surface area contributed by atoms with E-state index < -0.39 is 0 Å². The van der Waals surface area contributed by atoms with Crippen LogP contribution in [0.25, 0.3) is 0 Å². The molecular weight excluding hydrogens is 278 g/mol. The number of rotatable bonds is 3. The molecule has 1 aliphatic rings. The molecule has 0 bridgehead atoms. The van der Waals surface area contributed by atoms with Gasteiger partial charge in [0.1, 0.15) is 0 Å². The summed E-state index contributed by atoms with van der Waals surface area (Å²) in [5.41, 5.74) is 2.70. The van der Waals surface area contributed by atoms with Crippen molar-refractivity contribution in [2.75, 3.05) is 4.90 Å². The van der Waals surface area contributed by atoms with Crippen LogP contribution in [0.15, 0.2) is 22.7 Å². The number of aliphatic hydroxyl groups excluding tert-OH is 1. The van der Waals surface area contributed by atoms with Crippen molar-refractivity contribution < 1.29 is 5.11 Å². The molecule has 1 aromatic carbocycles. The van der Waals surface area contributed by atoms with E-state index >= 15 is 0 Å². The van der Waals surface area contributed by atoms with Crippen molar-refractivity contribution in [2.24, 2.45) is 0 Å². The highest BCUT2D eigenvalue weighted by molar-refractivity contribution is 9.10. The van der Waals surface area contributed by atoms with Crippen LogP contribution in [-0.2, 0) is 6.42 Å². The molecule has 1 aliphatic heterocycles. The number of anilines is 1. The number of fused-ring (bicyclic) bond motifs is 1. The first-order valence-corrected chi connectivity index (χ1v) is 7.03. The average Bonchev–Trinajstić information content (AvgIpc) is 2.56. The highest BCUT2D eigenvalue weighted by atomic mass is 79.9. The SMILES string of the molecule is CC(O)CC1Cc2c(Br)cccc2N1C(C)C. The second-order valence-electron chi connectivity index (χ2n) is 5.18. The molecule has 0 aliphatic carbocycles. The van der Waals surface area contributed by atoms with Crippen LogP contribution in [0, 0.1) is 0 Å².